The van der Waals surface area contributed by atoms with Gasteiger partial charge in [0, 0.05) is 55.8 Å². The van der Waals surface area contributed by atoms with Crippen molar-refractivity contribution in [3.63, 3.8) is 0 Å². The number of hydrogen-bond acceptors (Lipinski definition) is 2. The van der Waals surface area contributed by atoms with Crippen molar-refractivity contribution >= 4 is 83.8 Å². The second-order valence-corrected chi connectivity index (χ2v) is 30.3. The molecule has 0 unspecified atom stereocenters. The number of hydrogen-bond donors (Lipinski definition) is 0. The second-order valence-electron chi connectivity index (χ2n) is 30.3. The number of rotatable bonds is 8. The Morgan fingerprint density at radius 3 is 1.45 bits per heavy atom. The average Bonchev–Trinajstić information content (AvgIpc) is 1.44. The first-order valence-electron chi connectivity index (χ1n) is 43.7. The maximum absolute atomic E-state index is 9.96. The lowest BCUT2D eigenvalue weighted by Gasteiger charge is -2.42. The van der Waals surface area contributed by atoms with Gasteiger partial charge in [0.25, 0.3) is 6.71 Å². The summed E-state index contributed by atoms with van der Waals surface area (Å²) in [4.78, 5) is 2.28. The second kappa shape index (κ2) is 22.7. The number of benzene rings is 14. The predicted octanol–water partition coefficient (Wildman–Crippen LogP) is 23.5. The van der Waals surface area contributed by atoms with E-state index in [0.717, 1.165) is 77.4 Å². The molecule has 0 fully saturated rings. The van der Waals surface area contributed by atoms with Crippen molar-refractivity contribution in [1.82, 2.24) is 9.13 Å². The first kappa shape index (κ1) is 45.2. The Bertz CT molecular complexity index is 6920. The van der Waals surface area contributed by atoms with Gasteiger partial charge in [-0.05, 0) is 178 Å². The lowest BCUT2D eigenvalue weighted by molar-refractivity contribution is 0.487. The van der Waals surface area contributed by atoms with Gasteiger partial charge in [-0.3, -0.25) is 0 Å². The third-order valence-electron chi connectivity index (χ3n) is 21.3. The van der Waals surface area contributed by atoms with Crippen molar-refractivity contribution in [2.24, 2.45) is 0 Å². The zero-order valence-corrected chi connectivity index (χ0v) is 57.9. The van der Waals surface area contributed by atoms with Gasteiger partial charge in [0.05, 0.1) is 63.5 Å². The third-order valence-corrected chi connectivity index (χ3v) is 21.3. The summed E-state index contributed by atoms with van der Waals surface area (Å²) in [5, 5.41) is 1.89. The van der Waals surface area contributed by atoms with Gasteiger partial charge in [-0.1, -0.05) is 292 Å². The van der Waals surface area contributed by atoms with Gasteiger partial charge in [0.15, 0.2) is 0 Å². The Morgan fingerprint density at radius 1 is 0.353 bits per heavy atom. The van der Waals surface area contributed by atoms with E-state index in [4.69, 9.17) is 10.2 Å². The van der Waals surface area contributed by atoms with Crippen molar-refractivity contribution in [3.05, 3.63) is 348 Å². The highest BCUT2D eigenvalue weighted by Crippen LogP contribution is 2.60. The van der Waals surface area contributed by atoms with Crippen LogP contribution in [0.15, 0.2) is 309 Å². The average molecular weight is 1330 g/mol. The molecular weight excluding hydrogens is 1230 g/mol. The topological polar surface area (TPSA) is 22.3 Å². The van der Waals surface area contributed by atoms with Gasteiger partial charge in [0.2, 0.25) is 0 Å². The lowest BCUT2D eigenvalue weighted by atomic mass is 9.34. The first-order valence-corrected chi connectivity index (χ1v) is 34.7. The van der Waals surface area contributed by atoms with E-state index in [1.807, 2.05) is 97.1 Å². The van der Waals surface area contributed by atoms with Crippen LogP contribution in [0.2, 0.25) is 0 Å². The third kappa shape index (κ3) is 9.29. The standard InChI is InChI=1S/C97H78BN3O/c1-94(2,3)66-46-51-85-78(54-66)79-55-67(95(4,5)6)47-52-86(79)100(85)70-59-88-92-90(60-70)102-89-53-63(71-40-28-41-75-72-37-22-25-42-80(72)97(91(71)75,64-33-18-12-19-34-64)65-35-20-13-21-36-65)45-49-82(89)98(92)81-50-48-69(99-83-43-26-23-38-73(83)74-39-24-27-44-84(74)99)58-87(81)101(88)93-76(61-29-14-10-15-30-61)56-68(96(7,8)9)57-77(93)62-31-16-11-17-32-62/h10-60H,1-9H3/i12D,13D,18D,19D,20D,21D,23D,24D,26D,27D,33D,34D,35D,36D,38D,39D,43D,44D. The molecule has 5 heteroatoms. The fourth-order valence-corrected chi connectivity index (χ4v) is 16.4. The van der Waals surface area contributed by atoms with Crippen LogP contribution in [0.25, 0.3) is 99.5 Å². The molecule has 102 heavy (non-hydrogen) atoms. The van der Waals surface area contributed by atoms with Gasteiger partial charge in [-0.2, -0.15) is 0 Å². The van der Waals surface area contributed by atoms with Crippen LogP contribution in [0.5, 0.6) is 11.5 Å². The zero-order chi connectivity index (χ0) is 84.8. The molecule has 0 radical (unpaired) electrons. The molecule has 14 aromatic carbocycles. The summed E-state index contributed by atoms with van der Waals surface area (Å²) in [6.45, 7) is 19.1. The van der Waals surface area contributed by atoms with Crippen molar-refractivity contribution < 1.29 is 29.4 Å². The van der Waals surface area contributed by atoms with E-state index < -0.39 is 126 Å². The molecule has 2 aliphatic heterocycles. The van der Waals surface area contributed by atoms with Crippen molar-refractivity contribution in [3.8, 4) is 67.4 Å². The van der Waals surface area contributed by atoms with Crippen LogP contribution in [-0.4, -0.2) is 15.8 Å². The summed E-state index contributed by atoms with van der Waals surface area (Å²) in [7, 11) is 0. The van der Waals surface area contributed by atoms with E-state index >= 15 is 0 Å². The summed E-state index contributed by atoms with van der Waals surface area (Å²) in [6, 6.07) is 56.0. The molecule has 490 valence electrons. The maximum atomic E-state index is 9.96. The summed E-state index contributed by atoms with van der Waals surface area (Å²) >= 11 is 0. The van der Waals surface area contributed by atoms with Crippen molar-refractivity contribution in [2.75, 3.05) is 4.90 Å². The quantitative estimate of drug-likeness (QED) is 0.142. The maximum Gasteiger partial charge on any atom is 0.256 e. The summed E-state index contributed by atoms with van der Waals surface area (Å²) in [6.07, 6.45) is 0. The number of aromatic nitrogens is 2. The van der Waals surface area contributed by atoms with Crippen LogP contribution in [0.3, 0.4) is 0 Å². The molecule has 0 amide bonds. The van der Waals surface area contributed by atoms with Crippen LogP contribution >= 0.6 is 0 Å². The van der Waals surface area contributed by atoms with Gasteiger partial charge in [0.1, 0.15) is 11.5 Å². The highest BCUT2D eigenvalue weighted by atomic mass is 16.5. The van der Waals surface area contributed by atoms with Crippen LogP contribution in [0.1, 0.15) is 126 Å². The normalized spacial score (nSPS) is 16.1. The summed E-state index contributed by atoms with van der Waals surface area (Å²) in [5.41, 5.74) is 12.4. The van der Waals surface area contributed by atoms with Gasteiger partial charge < -0.3 is 18.8 Å². The monoisotopic (exact) mass is 1330 g/mol. The molecule has 0 atom stereocenters. The van der Waals surface area contributed by atoms with Crippen LogP contribution in [-0.2, 0) is 21.7 Å². The molecule has 0 spiro atoms. The number of nitrogens with zero attached hydrogens (tertiary/aromatic N) is 3. The molecular formula is C97H78BN3O. The summed E-state index contributed by atoms with van der Waals surface area (Å²) < 4.78 is 182. The minimum atomic E-state index is -2.20. The fraction of sp³-hybridized carbons (Fsp3) is 0.134. The smallest absolute Gasteiger partial charge is 0.256 e. The zero-order valence-electron chi connectivity index (χ0n) is 75.9. The van der Waals surface area contributed by atoms with Crippen molar-refractivity contribution in [2.45, 2.75) is 84.0 Å². The molecule has 3 aliphatic rings. The highest BCUT2D eigenvalue weighted by Gasteiger charge is 2.49. The highest BCUT2D eigenvalue weighted by molar-refractivity contribution is 6.99. The Labute approximate surface area is 623 Å². The van der Waals surface area contributed by atoms with Crippen molar-refractivity contribution in [1.29, 1.82) is 0 Å². The minimum Gasteiger partial charge on any atom is -0.458 e. The Hall–Kier alpha value is -11.7. The number of anilines is 3. The molecule has 2 aromatic heterocycles. The lowest BCUT2D eigenvalue weighted by Crippen LogP contribution is -2.59. The van der Waals surface area contributed by atoms with E-state index in [-0.39, 0.29) is 43.8 Å². The molecule has 0 saturated heterocycles. The number of ether oxygens (including phenoxy) is 1. The number of fused-ring (bicyclic) bond motifs is 13. The number of para-hydroxylation sites is 2. The van der Waals surface area contributed by atoms with Gasteiger partial charge in [-0.15, -0.1) is 0 Å². The molecule has 16 aromatic rings. The van der Waals surface area contributed by atoms with E-state index in [1.54, 1.807) is 22.8 Å². The molecule has 4 heterocycles. The van der Waals surface area contributed by atoms with E-state index in [9.17, 15) is 19.2 Å². The van der Waals surface area contributed by atoms with Crippen LogP contribution in [0, 0.1) is 0 Å². The van der Waals surface area contributed by atoms with E-state index in [0.29, 0.717) is 73.1 Å². The molecule has 0 bridgehead atoms. The van der Waals surface area contributed by atoms with Crippen LogP contribution < -0.4 is 26.0 Å². The van der Waals surface area contributed by atoms with Gasteiger partial charge >= 0.3 is 0 Å². The molecule has 1 aliphatic carbocycles. The predicted molar refractivity (Wildman–Crippen MR) is 431 cm³/mol. The Balaban J connectivity index is 0.976. The minimum absolute atomic E-state index is 0.0584. The molecule has 4 nitrogen and oxygen atoms in total. The molecule has 0 saturated carbocycles. The Kier molecular flexibility index (Phi) is 10.0. The largest absolute Gasteiger partial charge is 0.458 e. The first-order chi connectivity index (χ1) is 57.0. The SMILES string of the molecule is [2H]c1c([2H])c([2H])c(C2(c3c([2H])c([2H])c([2H])c([2H])c3[2H])c3ccccc3-c3cccc(-c4ccc5c(c4)Oc4cc(-n6c7ccc(C(C)(C)C)cc7c7cc(C(C)(C)C)ccc76)cc6c4B5c4ccc(-n5c7c([2H])c([2H])c([2H])c([2H])c7c7c([2H])c([2H])c([2H])c([2H])c75)cc4N6c4c(-c5ccccc5)cc(C(C)(C)C)cc4-c4ccccc4)c32)c([2H])c1[2H]. The molecule has 0 N–H and O–H groups in total. The molecule has 19 rings (SSSR count). The summed E-state index contributed by atoms with van der Waals surface area (Å²) in [5.74, 6) is 0.817. The van der Waals surface area contributed by atoms with Gasteiger partial charge in [-0.25, -0.2) is 0 Å². The fourth-order valence-electron chi connectivity index (χ4n) is 16.4. The van der Waals surface area contributed by atoms with E-state index in [2.05, 4.69) is 157 Å². The Morgan fingerprint density at radius 2 is 0.863 bits per heavy atom. The van der Waals surface area contributed by atoms with Crippen LogP contribution in [0.4, 0.5) is 17.1 Å². The van der Waals surface area contributed by atoms with E-state index in [1.165, 1.54) is 0 Å².